The lowest BCUT2D eigenvalue weighted by Crippen LogP contribution is -2.48. The molecule has 2 aromatic rings. The van der Waals surface area contributed by atoms with Gasteiger partial charge >= 0.3 is 0 Å². The number of rotatable bonds is 3. The highest BCUT2D eigenvalue weighted by atomic mass is 16.5. The van der Waals surface area contributed by atoms with Gasteiger partial charge in [-0.3, -0.25) is 9.59 Å². The minimum atomic E-state index is -0.657. The molecule has 1 aliphatic carbocycles. The Morgan fingerprint density at radius 1 is 1.30 bits per heavy atom. The lowest BCUT2D eigenvalue weighted by Gasteiger charge is -2.35. The van der Waals surface area contributed by atoms with E-state index in [0.29, 0.717) is 28.7 Å². The quantitative estimate of drug-likeness (QED) is 0.860. The van der Waals surface area contributed by atoms with Crippen molar-refractivity contribution in [3.05, 3.63) is 35.5 Å². The van der Waals surface area contributed by atoms with Gasteiger partial charge in [0.1, 0.15) is 5.54 Å². The first-order chi connectivity index (χ1) is 13.0. The topological polar surface area (TPSA) is 106 Å². The van der Waals surface area contributed by atoms with Crippen LogP contribution in [-0.4, -0.2) is 28.1 Å². The van der Waals surface area contributed by atoms with Crippen molar-refractivity contribution >= 4 is 17.5 Å². The summed E-state index contributed by atoms with van der Waals surface area (Å²) in [6.07, 6.45) is 3.91. The first-order valence-corrected chi connectivity index (χ1v) is 9.22. The fourth-order valence-corrected chi connectivity index (χ4v) is 3.74. The zero-order chi connectivity index (χ0) is 19.0. The van der Waals surface area contributed by atoms with Crippen molar-refractivity contribution in [1.82, 2.24) is 15.5 Å². The van der Waals surface area contributed by atoms with E-state index in [0.717, 1.165) is 32.1 Å². The third-order valence-corrected chi connectivity index (χ3v) is 5.20. The smallest absolute Gasteiger partial charge is 0.265 e. The summed E-state index contributed by atoms with van der Waals surface area (Å²) >= 11 is 0. The number of hydrogen-bond acceptors (Lipinski definition) is 6. The van der Waals surface area contributed by atoms with Gasteiger partial charge in [-0.15, -0.1) is 0 Å². The van der Waals surface area contributed by atoms with Crippen molar-refractivity contribution in [2.75, 3.05) is 5.32 Å². The number of benzene rings is 1. The Hall–Kier alpha value is -2.90. The molecule has 0 radical (unpaired) electrons. The predicted molar refractivity (Wildman–Crippen MR) is 96.4 cm³/mol. The molecule has 2 N–H and O–H groups in total. The summed E-state index contributed by atoms with van der Waals surface area (Å²) in [4.78, 5) is 29.4. The lowest BCUT2D eigenvalue weighted by molar-refractivity contribution is -0.122. The molecule has 1 aromatic carbocycles. The van der Waals surface area contributed by atoms with E-state index in [4.69, 9.17) is 9.26 Å². The van der Waals surface area contributed by atoms with E-state index in [1.54, 1.807) is 32.0 Å². The monoisotopic (exact) mass is 370 g/mol. The van der Waals surface area contributed by atoms with E-state index < -0.39 is 11.6 Å². The van der Waals surface area contributed by atoms with E-state index >= 15 is 0 Å². The predicted octanol–water partition coefficient (Wildman–Crippen LogP) is 2.69. The first kappa shape index (κ1) is 17.5. The van der Waals surface area contributed by atoms with Crippen LogP contribution in [0.25, 0.3) is 0 Å². The number of fused-ring (bicyclic) bond motifs is 1. The van der Waals surface area contributed by atoms with Crippen molar-refractivity contribution in [3.8, 4) is 5.75 Å². The summed E-state index contributed by atoms with van der Waals surface area (Å²) in [5.41, 5.74) is 0.225. The number of aromatic nitrogens is 2. The average molecular weight is 370 g/mol. The van der Waals surface area contributed by atoms with E-state index in [9.17, 15) is 9.59 Å². The highest BCUT2D eigenvalue weighted by Gasteiger charge is 2.40. The van der Waals surface area contributed by atoms with Crippen LogP contribution in [0.4, 0.5) is 5.69 Å². The molecule has 1 unspecified atom stereocenters. The number of amides is 2. The standard InChI is InChI=1S/C19H22N4O4/c1-11-16(24)21-14-8-6-7-13(15(14)26-11)17(25)22-19(9-4-3-5-10-19)18-20-12(2)27-23-18/h6-8,11H,3-5,9-10H2,1-2H3,(H,21,24)(H,22,25). The number of nitrogens with one attached hydrogen (secondary N) is 2. The molecule has 1 saturated carbocycles. The zero-order valence-corrected chi connectivity index (χ0v) is 15.4. The van der Waals surface area contributed by atoms with Crippen LogP contribution in [-0.2, 0) is 10.3 Å². The number of carbonyl (C=O) groups is 2. The maximum Gasteiger partial charge on any atom is 0.265 e. The maximum absolute atomic E-state index is 13.2. The van der Waals surface area contributed by atoms with Gasteiger partial charge in [0, 0.05) is 6.92 Å². The molecular formula is C19H22N4O4. The summed E-state index contributed by atoms with van der Waals surface area (Å²) in [6.45, 7) is 3.39. The summed E-state index contributed by atoms with van der Waals surface area (Å²) in [5.74, 6) is 0.865. The van der Waals surface area contributed by atoms with Crippen molar-refractivity contribution in [1.29, 1.82) is 0 Å². The fraction of sp³-hybridized carbons (Fsp3) is 0.474. The maximum atomic E-state index is 13.2. The van der Waals surface area contributed by atoms with Crippen LogP contribution in [0.1, 0.15) is 61.1 Å². The van der Waals surface area contributed by atoms with Crippen LogP contribution >= 0.6 is 0 Å². The van der Waals surface area contributed by atoms with Gasteiger partial charge in [0.15, 0.2) is 17.7 Å². The number of ether oxygens (including phenoxy) is 1. The average Bonchev–Trinajstić information content (AvgIpc) is 3.10. The van der Waals surface area contributed by atoms with Crippen molar-refractivity contribution in [2.24, 2.45) is 0 Å². The Bertz CT molecular complexity index is 886. The van der Waals surface area contributed by atoms with E-state index in [1.807, 2.05) is 0 Å². The normalized spacial score (nSPS) is 21.0. The highest BCUT2D eigenvalue weighted by molar-refractivity contribution is 6.04. The molecule has 2 heterocycles. The van der Waals surface area contributed by atoms with Gasteiger partial charge in [0.05, 0.1) is 11.3 Å². The van der Waals surface area contributed by atoms with Gasteiger partial charge < -0.3 is 19.9 Å². The second kappa shape index (κ2) is 6.68. The third kappa shape index (κ3) is 3.15. The molecular weight excluding hydrogens is 348 g/mol. The van der Waals surface area contributed by atoms with Gasteiger partial charge in [-0.25, -0.2) is 0 Å². The second-order valence-corrected chi connectivity index (χ2v) is 7.17. The Labute approximate surface area is 156 Å². The van der Waals surface area contributed by atoms with Gasteiger partial charge in [-0.2, -0.15) is 4.98 Å². The number of hydrogen-bond donors (Lipinski definition) is 2. The number of para-hydroxylation sites is 1. The van der Waals surface area contributed by atoms with E-state index in [1.165, 1.54) is 0 Å². The molecule has 2 aliphatic rings. The van der Waals surface area contributed by atoms with E-state index in [2.05, 4.69) is 20.8 Å². The summed E-state index contributed by atoms with van der Waals surface area (Å²) < 4.78 is 10.9. The van der Waals surface area contributed by atoms with Gasteiger partial charge in [-0.05, 0) is 31.9 Å². The number of anilines is 1. The van der Waals surface area contributed by atoms with Crippen molar-refractivity contribution in [2.45, 2.75) is 57.6 Å². The lowest BCUT2D eigenvalue weighted by atomic mass is 9.80. The Kier molecular flexibility index (Phi) is 4.33. The minimum absolute atomic E-state index is 0.230. The highest BCUT2D eigenvalue weighted by Crippen LogP contribution is 2.38. The molecule has 27 heavy (non-hydrogen) atoms. The summed E-state index contributed by atoms with van der Waals surface area (Å²) in [5, 5.41) is 9.99. The van der Waals surface area contributed by atoms with Crippen molar-refractivity contribution < 1.29 is 18.8 Å². The molecule has 8 heteroatoms. The van der Waals surface area contributed by atoms with E-state index in [-0.39, 0.29) is 11.8 Å². The molecule has 4 rings (SSSR count). The summed E-state index contributed by atoms with van der Waals surface area (Å²) in [6, 6.07) is 5.13. The third-order valence-electron chi connectivity index (χ3n) is 5.20. The molecule has 8 nitrogen and oxygen atoms in total. The van der Waals surface area contributed by atoms with Crippen LogP contribution in [0, 0.1) is 6.92 Å². The Morgan fingerprint density at radius 2 is 2.07 bits per heavy atom. The SMILES string of the molecule is Cc1nc(C2(NC(=O)c3cccc4c3OC(C)C(=O)N4)CCCCC2)no1. The molecule has 0 bridgehead atoms. The molecule has 142 valence electrons. The van der Waals surface area contributed by atoms with Gasteiger partial charge in [0.2, 0.25) is 5.89 Å². The van der Waals surface area contributed by atoms with Crippen LogP contribution in [0.5, 0.6) is 5.75 Å². The Morgan fingerprint density at radius 3 is 2.78 bits per heavy atom. The zero-order valence-electron chi connectivity index (χ0n) is 15.4. The Balaban J connectivity index is 1.67. The molecule has 1 atom stereocenters. The summed E-state index contributed by atoms with van der Waals surface area (Å²) in [7, 11) is 0. The molecule has 1 aromatic heterocycles. The number of carbonyl (C=O) groups excluding carboxylic acids is 2. The van der Waals surface area contributed by atoms with Crippen LogP contribution < -0.4 is 15.4 Å². The van der Waals surface area contributed by atoms with Crippen LogP contribution in [0.3, 0.4) is 0 Å². The number of aryl methyl sites for hydroxylation is 1. The molecule has 0 spiro atoms. The van der Waals surface area contributed by atoms with Gasteiger partial charge in [0.25, 0.3) is 11.8 Å². The fourth-order valence-electron chi connectivity index (χ4n) is 3.74. The molecule has 1 fully saturated rings. The van der Waals surface area contributed by atoms with Gasteiger partial charge in [-0.1, -0.05) is 30.5 Å². The largest absolute Gasteiger partial charge is 0.478 e. The number of nitrogens with zero attached hydrogens (tertiary/aromatic N) is 2. The first-order valence-electron chi connectivity index (χ1n) is 9.22. The molecule has 1 aliphatic heterocycles. The second-order valence-electron chi connectivity index (χ2n) is 7.17. The van der Waals surface area contributed by atoms with Crippen LogP contribution in [0.2, 0.25) is 0 Å². The molecule has 0 saturated heterocycles. The minimum Gasteiger partial charge on any atom is -0.478 e. The van der Waals surface area contributed by atoms with Crippen LogP contribution in [0.15, 0.2) is 22.7 Å². The molecule has 2 amide bonds. The van der Waals surface area contributed by atoms with Crippen molar-refractivity contribution in [3.63, 3.8) is 0 Å².